The molecule has 0 aromatic carbocycles. The molecule has 3 rings (SSSR count). The molecule has 2 aliphatic heterocycles. The van der Waals surface area contributed by atoms with Gasteiger partial charge in [0, 0.05) is 31.4 Å². The molecule has 1 atom stereocenters. The van der Waals surface area contributed by atoms with Crippen LogP contribution in [0.2, 0.25) is 0 Å². The summed E-state index contributed by atoms with van der Waals surface area (Å²) in [6.45, 7) is 3.07. The lowest BCUT2D eigenvalue weighted by Crippen LogP contribution is -2.32. The summed E-state index contributed by atoms with van der Waals surface area (Å²) < 4.78 is 0. The Balaban J connectivity index is 1.90. The van der Waals surface area contributed by atoms with E-state index in [1.54, 1.807) is 0 Å². The number of aromatic nitrogens is 1. The number of carbonyl (C=O) groups excluding carboxylic acids is 1. The van der Waals surface area contributed by atoms with Crippen molar-refractivity contribution in [3.8, 4) is 0 Å². The summed E-state index contributed by atoms with van der Waals surface area (Å²) in [6, 6.07) is 4.36. The van der Waals surface area contributed by atoms with Crippen LogP contribution in [0.15, 0.2) is 18.3 Å². The molecule has 1 aromatic rings. The molecule has 102 valence electrons. The highest BCUT2D eigenvalue weighted by atomic mass is 16.1. The van der Waals surface area contributed by atoms with Crippen LogP contribution in [0, 0.1) is 0 Å². The Hall–Kier alpha value is -1.58. The zero-order valence-electron chi connectivity index (χ0n) is 11.3. The fourth-order valence-corrected chi connectivity index (χ4v) is 3.29. The molecule has 0 aliphatic carbocycles. The Bertz CT molecular complexity index is 443. The highest BCUT2D eigenvalue weighted by Crippen LogP contribution is 2.35. The number of carbonyl (C=O) groups is 1. The van der Waals surface area contributed by atoms with Crippen molar-refractivity contribution in [3.63, 3.8) is 0 Å². The SMILES string of the molecule is O=CN1CCC[C@H]1c1cccnc1N1CCCCC1. The molecule has 0 spiro atoms. The molecule has 1 amide bonds. The molecule has 2 aliphatic rings. The first-order chi connectivity index (χ1) is 9.40. The van der Waals surface area contributed by atoms with Crippen LogP contribution in [0.1, 0.15) is 43.7 Å². The minimum Gasteiger partial charge on any atom is -0.356 e. The Kier molecular flexibility index (Phi) is 3.67. The van der Waals surface area contributed by atoms with Gasteiger partial charge in [-0.15, -0.1) is 0 Å². The normalized spacial score (nSPS) is 23.7. The summed E-state index contributed by atoms with van der Waals surface area (Å²) in [5.41, 5.74) is 1.23. The van der Waals surface area contributed by atoms with E-state index in [-0.39, 0.29) is 6.04 Å². The van der Waals surface area contributed by atoms with Gasteiger partial charge < -0.3 is 9.80 Å². The first-order valence-corrected chi connectivity index (χ1v) is 7.31. The topological polar surface area (TPSA) is 36.4 Å². The second kappa shape index (κ2) is 5.59. The van der Waals surface area contributed by atoms with Crippen LogP contribution < -0.4 is 4.90 Å². The number of hydrogen-bond donors (Lipinski definition) is 0. The van der Waals surface area contributed by atoms with Gasteiger partial charge in [-0.3, -0.25) is 4.79 Å². The summed E-state index contributed by atoms with van der Waals surface area (Å²) >= 11 is 0. The predicted molar refractivity (Wildman–Crippen MR) is 75.0 cm³/mol. The standard InChI is InChI=1S/C15H21N3O/c19-12-18-11-5-7-14(18)13-6-4-8-16-15(13)17-9-2-1-3-10-17/h4,6,8,12,14H,1-3,5,7,9-11H2/t14-/m0/s1. The lowest BCUT2D eigenvalue weighted by atomic mass is 10.0. The van der Waals surface area contributed by atoms with Gasteiger partial charge in [-0.2, -0.15) is 0 Å². The summed E-state index contributed by atoms with van der Waals surface area (Å²) in [5.74, 6) is 1.10. The van der Waals surface area contributed by atoms with Gasteiger partial charge >= 0.3 is 0 Å². The van der Waals surface area contributed by atoms with Crippen molar-refractivity contribution in [3.05, 3.63) is 23.9 Å². The number of amides is 1. The highest BCUT2D eigenvalue weighted by molar-refractivity contribution is 5.54. The molecule has 0 radical (unpaired) electrons. The lowest BCUT2D eigenvalue weighted by Gasteiger charge is -2.31. The number of pyridine rings is 1. The van der Waals surface area contributed by atoms with E-state index in [1.807, 2.05) is 17.2 Å². The molecule has 0 bridgehead atoms. The zero-order chi connectivity index (χ0) is 13.1. The maximum atomic E-state index is 11.2. The molecule has 0 N–H and O–H groups in total. The van der Waals surface area contributed by atoms with Crippen LogP contribution in [0.5, 0.6) is 0 Å². The molecule has 1 aromatic heterocycles. The van der Waals surface area contributed by atoms with E-state index in [4.69, 9.17) is 0 Å². The molecule has 0 saturated carbocycles. The van der Waals surface area contributed by atoms with E-state index in [2.05, 4.69) is 16.0 Å². The fourth-order valence-electron chi connectivity index (χ4n) is 3.29. The van der Waals surface area contributed by atoms with Crippen molar-refractivity contribution in [2.24, 2.45) is 0 Å². The molecule has 3 heterocycles. The van der Waals surface area contributed by atoms with E-state index >= 15 is 0 Å². The number of nitrogens with zero attached hydrogens (tertiary/aromatic N) is 3. The molecule has 4 heteroatoms. The van der Waals surface area contributed by atoms with Crippen molar-refractivity contribution in [2.75, 3.05) is 24.5 Å². The van der Waals surface area contributed by atoms with Crippen LogP contribution in [0.4, 0.5) is 5.82 Å². The maximum absolute atomic E-state index is 11.2. The third-order valence-corrected chi connectivity index (χ3v) is 4.26. The van der Waals surface area contributed by atoms with E-state index in [0.717, 1.165) is 44.7 Å². The number of anilines is 1. The van der Waals surface area contributed by atoms with E-state index < -0.39 is 0 Å². The van der Waals surface area contributed by atoms with Crippen molar-refractivity contribution in [2.45, 2.75) is 38.1 Å². The summed E-state index contributed by atoms with van der Waals surface area (Å²) in [6.07, 6.45) is 8.83. The van der Waals surface area contributed by atoms with Gasteiger partial charge in [0.15, 0.2) is 0 Å². The molecule has 4 nitrogen and oxygen atoms in total. The third kappa shape index (κ3) is 2.44. The van der Waals surface area contributed by atoms with Crippen molar-refractivity contribution in [1.82, 2.24) is 9.88 Å². The molecule has 0 unspecified atom stereocenters. The van der Waals surface area contributed by atoms with Crippen LogP contribution in [-0.4, -0.2) is 35.9 Å². The minimum absolute atomic E-state index is 0.225. The van der Waals surface area contributed by atoms with Gasteiger partial charge in [-0.1, -0.05) is 6.07 Å². The van der Waals surface area contributed by atoms with Crippen LogP contribution in [-0.2, 0) is 4.79 Å². The Morgan fingerprint density at radius 1 is 1.16 bits per heavy atom. The number of hydrogen-bond acceptors (Lipinski definition) is 3. The number of piperidine rings is 1. The summed E-state index contributed by atoms with van der Waals surface area (Å²) in [7, 11) is 0. The fraction of sp³-hybridized carbons (Fsp3) is 0.600. The largest absolute Gasteiger partial charge is 0.356 e. The molecular formula is C15H21N3O. The summed E-state index contributed by atoms with van der Waals surface area (Å²) in [5, 5.41) is 0. The van der Waals surface area contributed by atoms with Crippen molar-refractivity contribution >= 4 is 12.2 Å². The predicted octanol–water partition coefficient (Wildman–Crippen LogP) is 2.37. The second-order valence-electron chi connectivity index (χ2n) is 5.47. The van der Waals surface area contributed by atoms with Crippen molar-refractivity contribution < 1.29 is 4.79 Å². The average molecular weight is 259 g/mol. The third-order valence-electron chi connectivity index (χ3n) is 4.26. The lowest BCUT2D eigenvalue weighted by molar-refractivity contribution is -0.118. The monoisotopic (exact) mass is 259 g/mol. The molecule has 2 fully saturated rings. The Morgan fingerprint density at radius 2 is 2.00 bits per heavy atom. The number of rotatable bonds is 3. The molecular weight excluding hydrogens is 238 g/mol. The van der Waals surface area contributed by atoms with E-state index in [0.29, 0.717) is 0 Å². The minimum atomic E-state index is 0.225. The quantitative estimate of drug-likeness (QED) is 0.782. The Morgan fingerprint density at radius 3 is 2.79 bits per heavy atom. The summed E-state index contributed by atoms with van der Waals surface area (Å²) in [4.78, 5) is 20.1. The van der Waals surface area contributed by atoms with Crippen LogP contribution in [0.25, 0.3) is 0 Å². The zero-order valence-corrected chi connectivity index (χ0v) is 11.3. The number of likely N-dealkylation sites (tertiary alicyclic amines) is 1. The van der Waals surface area contributed by atoms with Gasteiger partial charge in [-0.05, 0) is 38.2 Å². The first-order valence-electron chi connectivity index (χ1n) is 7.31. The van der Waals surface area contributed by atoms with E-state index in [9.17, 15) is 4.79 Å². The average Bonchev–Trinajstić information content (AvgIpc) is 2.96. The Labute approximate surface area is 114 Å². The van der Waals surface area contributed by atoms with Gasteiger partial charge in [-0.25, -0.2) is 4.98 Å². The maximum Gasteiger partial charge on any atom is 0.210 e. The molecule has 19 heavy (non-hydrogen) atoms. The van der Waals surface area contributed by atoms with Gasteiger partial charge in [0.2, 0.25) is 6.41 Å². The van der Waals surface area contributed by atoms with E-state index in [1.165, 1.54) is 24.8 Å². The van der Waals surface area contributed by atoms with Gasteiger partial charge in [0.1, 0.15) is 5.82 Å². The highest BCUT2D eigenvalue weighted by Gasteiger charge is 2.28. The van der Waals surface area contributed by atoms with Crippen LogP contribution in [0.3, 0.4) is 0 Å². The molecule has 2 saturated heterocycles. The van der Waals surface area contributed by atoms with Crippen molar-refractivity contribution in [1.29, 1.82) is 0 Å². The first kappa shape index (κ1) is 12.5. The smallest absolute Gasteiger partial charge is 0.210 e. The van der Waals surface area contributed by atoms with Gasteiger partial charge in [0.25, 0.3) is 0 Å². The van der Waals surface area contributed by atoms with Crippen LogP contribution >= 0.6 is 0 Å². The second-order valence-corrected chi connectivity index (χ2v) is 5.47. The van der Waals surface area contributed by atoms with Gasteiger partial charge in [0.05, 0.1) is 6.04 Å².